The third kappa shape index (κ3) is 3.34. The minimum atomic E-state index is -0.238. The molecule has 0 unspecified atom stereocenters. The van der Waals surface area contributed by atoms with Crippen molar-refractivity contribution in [1.82, 2.24) is 0 Å². The van der Waals surface area contributed by atoms with E-state index in [2.05, 4.69) is 22.6 Å². The van der Waals surface area contributed by atoms with Gasteiger partial charge in [-0.25, -0.2) is 4.79 Å². The van der Waals surface area contributed by atoms with Crippen molar-refractivity contribution in [3.05, 3.63) is 33.4 Å². The molecule has 0 aromatic heterocycles. The predicted octanol–water partition coefficient (Wildman–Crippen LogP) is 2.86. The molecular formula is C10H11IO2. The van der Waals surface area contributed by atoms with Crippen molar-refractivity contribution in [2.75, 3.05) is 6.61 Å². The molecule has 0 fully saturated rings. The Morgan fingerprint density at radius 2 is 2.00 bits per heavy atom. The molecule has 0 bridgehead atoms. The highest BCUT2D eigenvalue weighted by Crippen LogP contribution is 2.07. The lowest BCUT2D eigenvalue weighted by atomic mass is 10.2. The van der Waals surface area contributed by atoms with Crippen LogP contribution >= 0.6 is 22.6 Å². The van der Waals surface area contributed by atoms with E-state index >= 15 is 0 Å². The van der Waals surface area contributed by atoms with E-state index < -0.39 is 0 Å². The number of carbonyl (C=O) groups is 1. The van der Waals surface area contributed by atoms with Crippen LogP contribution in [0.4, 0.5) is 0 Å². The fourth-order valence-corrected chi connectivity index (χ4v) is 1.22. The van der Waals surface area contributed by atoms with Gasteiger partial charge in [0.15, 0.2) is 0 Å². The van der Waals surface area contributed by atoms with Gasteiger partial charge in [-0.15, -0.1) is 0 Å². The first-order chi connectivity index (χ1) is 6.24. The normalized spacial score (nSPS) is 9.69. The molecule has 1 rings (SSSR count). The van der Waals surface area contributed by atoms with E-state index in [0.717, 1.165) is 9.99 Å². The summed E-state index contributed by atoms with van der Waals surface area (Å²) in [4.78, 5) is 11.3. The van der Waals surface area contributed by atoms with Gasteiger partial charge in [-0.1, -0.05) is 6.92 Å². The minimum absolute atomic E-state index is 0.238. The molecule has 0 heterocycles. The fourth-order valence-electron chi connectivity index (χ4n) is 0.864. The van der Waals surface area contributed by atoms with Gasteiger partial charge in [-0.2, -0.15) is 0 Å². The molecule has 0 spiro atoms. The summed E-state index contributed by atoms with van der Waals surface area (Å²) in [6, 6.07) is 7.34. The molecule has 0 aliphatic carbocycles. The van der Waals surface area contributed by atoms with Crippen LogP contribution in [0.15, 0.2) is 24.3 Å². The zero-order chi connectivity index (χ0) is 9.68. The van der Waals surface area contributed by atoms with Crippen LogP contribution in [-0.4, -0.2) is 12.6 Å². The van der Waals surface area contributed by atoms with Crippen LogP contribution in [-0.2, 0) is 4.74 Å². The van der Waals surface area contributed by atoms with Crippen LogP contribution in [0.1, 0.15) is 23.7 Å². The summed E-state index contributed by atoms with van der Waals surface area (Å²) in [5.74, 6) is -0.238. The van der Waals surface area contributed by atoms with Crippen molar-refractivity contribution in [2.24, 2.45) is 0 Å². The Balaban J connectivity index is 2.61. The summed E-state index contributed by atoms with van der Waals surface area (Å²) in [5.41, 5.74) is 0.619. The first-order valence-corrected chi connectivity index (χ1v) is 5.24. The van der Waals surface area contributed by atoms with E-state index in [0.29, 0.717) is 12.2 Å². The number of carbonyl (C=O) groups excluding carboxylic acids is 1. The number of rotatable bonds is 3. The van der Waals surface area contributed by atoms with Gasteiger partial charge in [-0.3, -0.25) is 0 Å². The van der Waals surface area contributed by atoms with Crippen molar-refractivity contribution in [2.45, 2.75) is 13.3 Å². The van der Waals surface area contributed by atoms with Gasteiger partial charge in [0.25, 0.3) is 0 Å². The number of esters is 1. The third-order valence-electron chi connectivity index (χ3n) is 1.52. The zero-order valence-electron chi connectivity index (χ0n) is 7.42. The van der Waals surface area contributed by atoms with Gasteiger partial charge >= 0.3 is 5.97 Å². The first kappa shape index (κ1) is 10.5. The largest absolute Gasteiger partial charge is 0.462 e. The fraction of sp³-hybridized carbons (Fsp3) is 0.300. The Kier molecular flexibility index (Phi) is 4.21. The molecule has 3 heteroatoms. The molecule has 2 nitrogen and oxygen atoms in total. The summed E-state index contributed by atoms with van der Waals surface area (Å²) in [5, 5.41) is 0. The molecule has 0 saturated heterocycles. The molecule has 0 aliphatic rings. The molecule has 0 atom stereocenters. The smallest absolute Gasteiger partial charge is 0.338 e. The van der Waals surface area contributed by atoms with Crippen molar-refractivity contribution < 1.29 is 9.53 Å². The second-order valence-corrected chi connectivity index (χ2v) is 3.89. The molecule has 70 valence electrons. The Bertz CT molecular complexity index is 279. The van der Waals surface area contributed by atoms with Crippen LogP contribution in [0.2, 0.25) is 0 Å². The highest BCUT2D eigenvalue weighted by atomic mass is 127. The van der Waals surface area contributed by atoms with E-state index in [9.17, 15) is 4.79 Å². The standard InChI is InChI=1S/C10H11IO2/c1-2-7-13-10(12)8-3-5-9(11)6-4-8/h3-6H,2,7H2,1H3. The number of ether oxygens (including phenoxy) is 1. The van der Waals surface area contributed by atoms with E-state index in [-0.39, 0.29) is 5.97 Å². The Labute approximate surface area is 91.4 Å². The monoisotopic (exact) mass is 290 g/mol. The maximum absolute atomic E-state index is 11.3. The summed E-state index contributed by atoms with van der Waals surface area (Å²) >= 11 is 2.20. The van der Waals surface area contributed by atoms with Gasteiger partial charge in [0.05, 0.1) is 12.2 Å². The molecule has 0 saturated carbocycles. The number of hydrogen-bond donors (Lipinski definition) is 0. The molecule has 0 radical (unpaired) electrons. The van der Waals surface area contributed by atoms with Crippen molar-refractivity contribution >= 4 is 28.6 Å². The summed E-state index contributed by atoms with van der Waals surface area (Å²) < 4.78 is 6.09. The molecule has 0 aliphatic heterocycles. The van der Waals surface area contributed by atoms with Gasteiger partial charge in [0.1, 0.15) is 0 Å². The molecule has 13 heavy (non-hydrogen) atoms. The van der Waals surface area contributed by atoms with Crippen molar-refractivity contribution in [3.63, 3.8) is 0 Å². The predicted molar refractivity (Wildman–Crippen MR) is 59.7 cm³/mol. The lowest BCUT2D eigenvalue weighted by Crippen LogP contribution is -2.05. The zero-order valence-corrected chi connectivity index (χ0v) is 9.58. The number of benzene rings is 1. The molecule has 0 N–H and O–H groups in total. The maximum atomic E-state index is 11.3. The SMILES string of the molecule is CCCOC(=O)c1ccc(I)cc1. The second-order valence-electron chi connectivity index (χ2n) is 2.64. The second kappa shape index (κ2) is 5.21. The maximum Gasteiger partial charge on any atom is 0.338 e. The topological polar surface area (TPSA) is 26.3 Å². The molecule has 1 aromatic carbocycles. The van der Waals surface area contributed by atoms with Crippen molar-refractivity contribution in [1.29, 1.82) is 0 Å². The third-order valence-corrected chi connectivity index (χ3v) is 2.24. The van der Waals surface area contributed by atoms with Crippen LogP contribution in [0.3, 0.4) is 0 Å². The van der Waals surface area contributed by atoms with E-state index in [1.807, 2.05) is 19.1 Å². The average Bonchev–Trinajstić information content (AvgIpc) is 2.15. The van der Waals surface area contributed by atoms with Crippen molar-refractivity contribution in [3.8, 4) is 0 Å². The van der Waals surface area contributed by atoms with Gasteiger partial charge in [-0.05, 0) is 53.3 Å². The first-order valence-electron chi connectivity index (χ1n) is 4.16. The highest BCUT2D eigenvalue weighted by molar-refractivity contribution is 14.1. The highest BCUT2D eigenvalue weighted by Gasteiger charge is 2.04. The van der Waals surface area contributed by atoms with Crippen LogP contribution < -0.4 is 0 Å². The van der Waals surface area contributed by atoms with Crippen LogP contribution in [0, 0.1) is 3.57 Å². The summed E-state index contributed by atoms with van der Waals surface area (Å²) in [6.07, 6.45) is 0.857. The quantitative estimate of drug-likeness (QED) is 0.632. The van der Waals surface area contributed by atoms with Gasteiger partial charge < -0.3 is 4.74 Å². The van der Waals surface area contributed by atoms with Crippen LogP contribution in [0.25, 0.3) is 0 Å². The summed E-state index contributed by atoms with van der Waals surface area (Å²) in [7, 11) is 0. The Morgan fingerprint density at radius 1 is 1.38 bits per heavy atom. The Hall–Kier alpha value is -0.580. The number of halogens is 1. The molecule has 1 aromatic rings. The van der Waals surface area contributed by atoms with E-state index in [1.54, 1.807) is 12.1 Å². The van der Waals surface area contributed by atoms with Gasteiger partial charge in [0, 0.05) is 3.57 Å². The average molecular weight is 290 g/mol. The van der Waals surface area contributed by atoms with E-state index in [1.165, 1.54) is 0 Å². The Morgan fingerprint density at radius 3 is 2.54 bits per heavy atom. The minimum Gasteiger partial charge on any atom is -0.462 e. The lowest BCUT2D eigenvalue weighted by molar-refractivity contribution is 0.0505. The van der Waals surface area contributed by atoms with Gasteiger partial charge in [0.2, 0.25) is 0 Å². The molecular weight excluding hydrogens is 279 g/mol. The molecule has 0 amide bonds. The van der Waals surface area contributed by atoms with Crippen LogP contribution in [0.5, 0.6) is 0 Å². The van der Waals surface area contributed by atoms with E-state index in [4.69, 9.17) is 4.74 Å². The lowest BCUT2D eigenvalue weighted by Gasteiger charge is -2.02. The summed E-state index contributed by atoms with van der Waals surface area (Å²) in [6.45, 7) is 2.46. The number of hydrogen-bond acceptors (Lipinski definition) is 2.